The number of nitrogens with zero attached hydrogens (tertiary/aromatic N) is 2. The van der Waals surface area contributed by atoms with Crippen LogP contribution in [0.4, 0.5) is 16.2 Å². The number of carbonyl (C=O) groups is 1. The van der Waals surface area contributed by atoms with Crippen molar-refractivity contribution in [2.24, 2.45) is 0 Å². The van der Waals surface area contributed by atoms with Gasteiger partial charge in [0, 0.05) is 36.9 Å². The van der Waals surface area contributed by atoms with Crippen LogP contribution in [0.1, 0.15) is 12.5 Å². The predicted molar refractivity (Wildman–Crippen MR) is 99.1 cm³/mol. The number of amides is 2. The molecule has 0 saturated carbocycles. The molecule has 134 valence electrons. The fraction of sp³-hybridized carbons (Fsp3) is 0.294. The fourth-order valence-corrected chi connectivity index (χ4v) is 2.82. The molecular weight excluding hydrogens is 340 g/mol. The number of benzene rings is 1. The molecular formula is C17H22N4O3S. The second-order valence-electron chi connectivity index (χ2n) is 5.57. The van der Waals surface area contributed by atoms with E-state index in [9.17, 15) is 13.2 Å². The number of hydrogen-bond donors (Lipinski definition) is 2. The number of hydrogen-bond acceptors (Lipinski definition) is 4. The van der Waals surface area contributed by atoms with Gasteiger partial charge in [-0.15, -0.1) is 0 Å². The Morgan fingerprint density at radius 3 is 2.24 bits per heavy atom. The Morgan fingerprint density at radius 1 is 1.08 bits per heavy atom. The van der Waals surface area contributed by atoms with Crippen molar-refractivity contribution in [2.75, 3.05) is 29.4 Å². The molecule has 7 nitrogen and oxygen atoms in total. The van der Waals surface area contributed by atoms with Crippen molar-refractivity contribution in [1.82, 2.24) is 9.88 Å². The van der Waals surface area contributed by atoms with Crippen LogP contribution in [0.25, 0.3) is 0 Å². The fourth-order valence-electron chi connectivity index (χ4n) is 2.25. The lowest BCUT2D eigenvalue weighted by Crippen LogP contribution is -2.36. The molecule has 8 heteroatoms. The number of pyridine rings is 1. The van der Waals surface area contributed by atoms with Crippen molar-refractivity contribution >= 4 is 27.4 Å². The maximum absolute atomic E-state index is 12.4. The minimum Gasteiger partial charge on any atom is -0.324 e. The Kier molecular flexibility index (Phi) is 6.35. The van der Waals surface area contributed by atoms with Crippen LogP contribution < -0.4 is 10.0 Å². The Balaban J connectivity index is 1.92. The Hall–Kier alpha value is -2.61. The van der Waals surface area contributed by atoms with Gasteiger partial charge in [0.05, 0.1) is 6.26 Å². The topological polar surface area (TPSA) is 91.4 Å². The van der Waals surface area contributed by atoms with Gasteiger partial charge in [0.2, 0.25) is 10.0 Å². The van der Waals surface area contributed by atoms with Crippen LogP contribution >= 0.6 is 0 Å². The molecule has 0 fully saturated rings. The quantitative estimate of drug-likeness (QED) is 0.792. The Bertz CT molecular complexity index is 792. The monoisotopic (exact) mass is 362 g/mol. The maximum Gasteiger partial charge on any atom is 0.321 e. The minimum absolute atomic E-state index is 0.194. The SMILES string of the molecule is CCN(CCc1ccncc1)C(=O)Nc1ccc(NS(C)(=O)=O)cc1. The van der Waals surface area contributed by atoms with Crippen LogP contribution in [0, 0.1) is 0 Å². The zero-order valence-corrected chi connectivity index (χ0v) is 15.1. The molecule has 2 amide bonds. The van der Waals surface area contributed by atoms with Crippen molar-refractivity contribution in [3.63, 3.8) is 0 Å². The highest BCUT2D eigenvalue weighted by molar-refractivity contribution is 7.92. The second kappa shape index (κ2) is 8.48. The summed E-state index contributed by atoms with van der Waals surface area (Å²) in [5.41, 5.74) is 2.18. The van der Waals surface area contributed by atoms with E-state index in [4.69, 9.17) is 0 Å². The first-order valence-electron chi connectivity index (χ1n) is 7.90. The standard InChI is InChI=1S/C17H22N4O3S/c1-3-21(13-10-14-8-11-18-12-9-14)17(22)19-15-4-6-16(7-5-15)20-25(2,23)24/h4-9,11-12,20H,3,10,13H2,1-2H3,(H,19,22). The van der Waals surface area contributed by atoms with Gasteiger partial charge in [-0.25, -0.2) is 13.2 Å². The maximum atomic E-state index is 12.4. The number of urea groups is 1. The summed E-state index contributed by atoms with van der Waals surface area (Å²) in [5.74, 6) is 0. The molecule has 1 aromatic carbocycles. The average molecular weight is 362 g/mol. The molecule has 0 radical (unpaired) electrons. The van der Waals surface area contributed by atoms with Crippen molar-refractivity contribution in [3.05, 3.63) is 54.4 Å². The third-order valence-electron chi connectivity index (χ3n) is 3.53. The first-order valence-corrected chi connectivity index (χ1v) is 9.79. The summed E-state index contributed by atoms with van der Waals surface area (Å²) in [6.45, 7) is 3.11. The minimum atomic E-state index is -3.31. The summed E-state index contributed by atoms with van der Waals surface area (Å²) >= 11 is 0. The molecule has 0 atom stereocenters. The second-order valence-corrected chi connectivity index (χ2v) is 7.32. The number of nitrogens with one attached hydrogen (secondary N) is 2. The number of carbonyl (C=O) groups excluding carboxylic acids is 1. The van der Waals surface area contributed by atoms with E-state index in [-0.39, 0.29) is 6.03 Å². The molecule has 0 bridgehead atoms. The number of aromatic nitrogens is 1. The molecule has 0 unspecified atom stereocenters. The third kappa shape index (κ3) is 6.42. The van der Waals surface area contributed by atoms with Crippen LogP contribution in [-0.4, -0.2) is 43.7 Å². The lowest BCUT2D eigenvalue weighted by Gasteiger charge is -2.21. The zero-order chi connectivity index (χ0) is 18.3. The van der Waals surface area contributed by atoms with Crippen molar-refractivity contribution in [2.45, 2.75) is 13.3 Å². The van der Waals surface area contributed by atoms with Crippen LogP contribution in [0.2, 0.25) is 0 Å². The highest BCUT2D eigenvalue weighted by atomic mass is 32.2. The average Bonchev–Trinajstić information content (AvgIpc) is 2.57. The molecule has 0 aliphatic rings. The van der Waals surface area contributed by atoms with E-state index in [0.717, 1.165) is 18.2 Å². The molecule has 2 aromatic rings. The van der Waals surface area contributed by atoms with Gasteiger partial charge in [0.25, 0.3) is 0 Å². The van der Waals surface area contributed by atoms with E-state index in [1.165, 1.54) is 0 Å². The number of anilines is 2. The van der Waals surface area contributed by atoms with E-state index < -0.39 is 10.0 Å². The molecule has 2 N–H and O–H groups in total. The van der Waals surface area contributed by atoms with Gasteiger partial charge in [0.15, 0.2) is 0 Å². The first kappa shape index (κ1) is 18.7. The van der Waals surface area contributed by atoms with Crippen LogP contribution in [-0.2, 0) is 16.4 Å². The number of sulfonamides is 1. The molecule has 0 spiro atoms. The molecule has 1 aromatic heterocycles. The van der Waals surface area contributed by atoms with E-state index in [0.29, 0.717) is 24.5 Å². The molecule has 1 heterocycles. The van der Waals surface area contributed by atoms with Gasteiger partial charge in [-0.1, -0.05) is 0 Å². The van der Waals surface area contributed by atoms with Gasteiger partial charge < -0.3 is 10.2 Å². The Morgan fingerprint density at radius 2 is 1.68 bits per heavy atom. The van der Waals surface area contributed by atoms with Crippen LogP contribution in [0.5, 0.6) is 0 Å². The van der Waals surface area contributed by atoms with Crippen LogP contribution in [0.3, 0.4) is 0 Å². The van der Waals surface area contributed by atoms with Gasteiger partial charge in [0.1, 0.15) is 0 Å². The summed E-state index contributed by atoms with van der Waals surface area (Å²) in [6, 6.07) is 10.2. The van der Waals surface area contributed by atoms with E-state index in [2.05, 4.69) is 15.0 Å². The van der Waals surface area contributed by atoms with Gasteiger partial charge >= 0.3 is 6.03 Å². The third-order valence-corrected chi connectivity index (χ3v) is 4.13. The molecule has 0 saturated heterocycles. The Labute approximate surface area is 148 Å². The summed E-state index contributed by atoms with van der Waals surface area (Å²) in [4.78, 5) is 18.1. The van der Waals surface area contributed by atoms with Crippen molar-refractivity contribution in [1.29, 1.82) is 0 Å². The van der Waals surface area contributed by atoms with Gasteiger partial charge in [-0.3, -0.25) is 9.71 Å². The number of rotatable bonds is 7. The van der Waals surface area contributed by atoms with E-state index >= 15 is 0 Å². The molecule has 2 rings (SSSR count). The molecule has 0 aliphatic carbocycles. The molecule has 25 heavy (non-hydrogen) atoms. The predicted octanol–water partition coefficient (Wildman–Crippen LogP) is 2.55. The van der Waals surface area contributed by atoms with Crippen LogP contribution in [0.15, 0.2) is 48.8 Å². The smallest absolute Gasteiger partial charge is 0.321 e. The van der Waals surface area contributed by atoms with Crippen molar-refractivity contribution in [3.8, 4) is 0 Å². The highest BCUT2D eigenvalue weighted by Gasteiger charge is 2.12. The first-order chi connectivity index (χ1) is 11.9. The summed E-state index contributed by atoms with van der Waals surface area (Å²) in [7, 11) is -3.31. The van der Waals surface area contributed by atoms with Gasteiger partial charge in [-0.2, -0.15) is 0 Å². The highest BCUT2D eigenvalue weighted by Crippen LogP contribution is 2.15. The lowest BCUT2D eigenvalue weighted by molar-refractivity contribution is 0.215. The normalized spacial score (nSPS) is 11.0. The largest absolute Gasteiger partial charge is 0.324 e. The summed E-state index contributed by atoms with van der Waals surface area (Å²) < 4.78 is 24.8. The summed E-state index contributed by atoms with van der Waals surface area (Å²) in [6.07, 6.45) is 5.31. The van der Waals surface area contributed by atoms with Crippen molar-refractivity contribution < 1.29 is 13.2 Å². The van der Waals surface area contributed by atoms with E-state index in [1.807, 2.05) is 19.1 Å². The zero-order valence-electron chi connectivity index (χ0n) is 14.3. The van der Waals surface area contributed by atoms with E-state index in [1.54, 1.807) is 41.6 Å². The number of likely N-dealkylation sites (N-methyl/N-ethyl adjacent to an activating group) is 1. The molecule has 0 aliphatic heterocycles. The summed E-state index contributed by atoms with van der Waals surface area (Å²) in [5, 5.41) is 2.82. The lowest BCUT2D eigenvalue weighted by atomic mass is 10.2. The van der Waals surface area contributed by atoms with Gasteiger partial charge in [-0.05, 0) is 55.3 Å².